The van der Waals surface area contributed by atoms with E-state index in [0.717, 1.165) is 5.52 Å². The Morgan fingerprint density at radius 3 is 3.09 bits per heavy atom. The molecule has 0 saturated carbocycles. The Morgan fingerprint density at radius 2 is 2.26 bits per heavy atom. The summed E-state index contributed by atoms with van der Waals surface area (Å²) >= 11 is 0. The van der Waals surface area contributed by atoms with Gasteiger partial charge in [0.05, 0.1) is 11.0 Å². The van der Waals surface area contributed by atoms with Crippen LogP contribution in [0, 0.1) is 0 Å². The van der Waals surface area contributed by atoms with E-state index in [9.17, 15) is 9.90 Å². The van der Waals surface area contributed by atoms with Gasteiger partial charge in [-0.15, -0.1) is 10.2 Å². The SMILES string of the molecule is Cn1c(CO)nc2cc(C(=O)Nc3nnc4nc[nH]n34)ccc21. The van der Waals surface area contributed by atoms with E-state index in [4.69, 9.17) is 0 Å². The molecule has 1 aromatic carbocycles. The molecule has 0 fully saturated rings. The lowest BCUT2D eigenvalue weighted by molar-refractivity contribution is 0.102. The normalized spacial score (nSPS) is 11.4. The molecule has 0 spiro atoms. The number of fused-ring (bicyclic) bond motifs is 2. The number of aliphatic hydroxyl groups excluding tert-OH is 1. The highest BCUT2D eigenvalue weighted by Gasteiger charge is 2.14. The Bertz CT molecular complexity index is 1030. The highest BCUT2D eigenvalue weighted by molar-refractivity contribution is 6.05. The number of aromatic nitrogens is 7. The number of aryl methyl sites for hydroxylation is 1. The molecule has 116 valence electrons. The summed E-state index contributed by atoms with van der Waals surface area (Å²) in [5.41, 5.74) is 1.90. The highest BCUT2D eigenvalue weighted by atomic mass is 16.3. The van der Waals surface area contributed by atoms with Crippen molar-refractivity contribution in [2.45, 2.75) is 6.61 Å². The van der Waals surface area contributed by atoms with Crippen molar-refractivity contribution in [3.8, 4) is 0 Å². The molecular weight excluding hydrogens is 300 g/mol. The number of imidazole rings is 1. The van der Waals surface area contributed by atoms with Crippen LogP contribution in [0.5, 0.6) is 0 Å². The molecule has 3 heterocycles. The second-order valence-electron chi connectivity index (χ2n) is 4.95. The first-order valence-corrected chi connectivity index (χ1v) is 6.79. The summed E-state index contributed by atoms with van der Waals surface area (Å²) in [6, 6.07) is 5.13. The van der Waals surface area contributed by atoms with Gasteiger partial charge in [0, 0.05) is 12.6 Å². The van der Waals surface area contributed by atoms with Crippen LogP contribution in [0.15, 0.2) is 24.5 Å². The van der Waals surface area contributed by atoms with E-state index in [1.165, 1.54) is 10.8 Å². The predicted molar refractivity (Wildman–Crippen MR) is 79.7 cm³/mol. The summed E-state index contributed by atoms with van der Waals surface area (Å²) < 4.78 is 3.24. The van der Waals surface area contributed by atoms with Gasteiger partial charge in [-0.05, 0) is 18.2 Å². The van der Waals surface area contributed by atoms with Gasteiger partial charge in [-0.3, -0.25) is 15.2 Å². The average Bonchev–Trinajstić information content (AvgIpc) is 3.23. The van der Waals surface area contributed by atoms with Crippen LogP contribution in [0.25, 0.3) is 16.8 Å². The fourth-order valence-electron chi connectivity index (χ4n) is 2.41. The average molecular weight is 312 g/mol. The number of H-pyrrole nitrogens is 1. The summed E-state index contributed by atoms with van der Waals surface area (Å²) in [6.45, 7) is -0.162. The van der Waals surface area contributed by atoms with Crippen molar-refractivity contribution < 1.29 is 9.90 Å². The largest absolute Gasteiger partial charge is 0.388 e. The Balaban J connectivity index is 1.68. The quantitative estimate of drug-likeness (QED) is 0.492. The van der Waals surface area contributed by atoms with E-state index in [1.807, 2.05) is 7.05 Å². The molecule has 0 atom stereocenters. The third-order valence-electron chi connectivity index (χ3n) is 3.62. The lowest BCUT2D eigenvalue weighted by Gasteiger charge is -2.03. The second-order valence-corrected chi connectivity index (χ2v) is 4.95. The number of benzene rings is 1. The van der Waals surface area contributed by atoms with E-state index in [2.05, 4.69) is 30.6 Å². The molecule has 10 nitrogen and oxygen atoms in total. The third kappa shape index (κ3) is 2.04. The van der Waals surface area contributed by atoms with Gasteiger partial charge in [0.15, 0.2) is 0 Å². The van der Waals surface area contributed by atoms with Gasteiger partial charge in [-0.2, -0.15) is 9.50 Å². The zero-order chi connectivity index (χ0) is 16.0. The summed E-state index contributed by atoms with van der Waals surface area (Å²) in [5, 5.41) is 22.4. The maximum absolute atomic E-state index is 12.4. The monoisotopic (exact) mass is 312 g/mol. The Labute approximate surface area is 128 Å². The number of aliphatic hydroxyl groups is 1. The molecule has 0 saturated heterocycles. The van der Waals surface area contributed by atoms with Gasteiger partial charge in [0.2, 0.25) is 0 Å². The molecule has 0 unspecified atom stereocenters. The molecular formula is C13H12N8O2. The van der Waals surface area contributed by atoms with Gasteiger partial charge >= 0.3 is 0 Å². The maximum atomic E-state index is 12.4. The van der Waals surface area contributed by atoms with Crippen molar-refractivity contribution in [1.29, 1.82) is 0 Å². The molecule has 0 aliphatic rings. The Kier molecular flexibility index (Phi) is 2.84. The molecule has 0 bridgehead atoms. The van der Waals surface area contributed by atoms with Crippen molar-refractivity contribution in [3.63, 3.8) is 0 Å². The smallest absolute Gasteiger partial charge is 0.273 e. The van der Waals surface area contributed by atoms with E-state index in [0.29, 0.717) is 22.7 Å². The number of aromatic amines is 1. The zero-order valence-electron chi connectivity index (χ0n) is 12.1. The number of carbonyl (C=O) groups is 1. The van der Waals surface area contributed by atoms with Crippen LogP contribution in [0.1, 0.15) is 16.2 Å². The lowest BCUT2D eigenvalue weighted by atomic mass is 10.2. The van der Waals surface area contributed by atoms with E-state index < -0.39 is 0 Å². The van der Waals surface area contributed by atoms with Gasteiger partial charge < -0.3 is 9.67 Å². The van der Waals surface area contributed by atoms with Crippen LogP contribution in [0.2, 0.25) is 0 Å². The highest BCUT2D eigenvalue weighted by Crippen LogP contribution is 2.17. The van der Waals surface area contributed by atoms with Crippen LogP contribution >= 0.6 is 0 Å². The van der Waals surface area contributed by atoms with Crippen LogP contribution in [-0.2, 0) is 13.7 Å². The van der Waals surface area contributed by atoms with Gasteiger partial charge in [-0.1, -0.05) is 0 Å². The number of hydrogen-bond acceptors (Lipinski definition) is 6. The van der Waals surface area contributed by atoms with Gasteiger partial charge in [0.25, 0.3) is 17.6 Å². The summed E-state index contributed by atoms with van der Waals surface area (Å²) in [6.07, 6.45) is 1.45. The summed E-state index contributed by atoms with van der Waals surface area (Å²) in [5.74, 6) is 0.814. The number of amides is 1. The van der Waals surface area contributed by atoms with Crippen molar-refractivity contribution >= 4 is 28.7 Å². The third-order valence-corrected chi connectivity index (χ3v) is 3.62. The minimum absolute atomic E-state index is 0.162. The minimum Gasteiger partial charge on any atom is -0.388 e. The molecule has 4 rings (SSSR count). The lowest BCUT2D eigenvalue weighted by Crippen LogP contribution is -2.14. The van der Waals surface area contributed by atoms with Crippen LogP contribution in [0.4, 0.5) is 5.95 Å². The molecule has 3 N–H and O–H groups in total. The first-order chi connectivity index (χ1) is 11.2. The molecule has 10 heteroatoms. The molecule has 4 aromatic rings. The topological polar surface area (TPSA) is 126 Å². The van der Waals surface area contributed by atoms with E-state index in [-0.39, 0.29) is 18.5 Å². The predicted octanol–water partition coefficient (Wildman–Crippen LogP) is 0.0837. The summed E-state index contributed by atoms with van der Waals surface area (Å²) in [7, 11) is 1.81. The first-order valence-electron chi connectivity index (χ1n) is 6.79. The number of anilines is 1. The van der Waals surface area contributed by atoms with Crippen LogP contribution in [0.3, 0.4) is 0 Å². The van der Waals surface area contributed by atoms with Gasteiger partial charge in [-0.25, -0.2) is 4.98 Å². The number of rotatable bonds is 3. The van der Waals surface area contributed by atoms with Crippen molar-refractivity contribution in [1.82, 2.24) is 34.3 Å². The molecule has 0 aliphatic carbocycles. The van der Waals surface area contributed by atoms with Crippen molar-refractivity contribution in [3.05, 3.63) is 35.9 Å². The molecule has 1 amide bonds. The van der Waals surface area contributed by atoms with E-state index >= 15 is 0 Å². The second kappa shape index (κ2) is 4.88. The number of hydrogen-bond donors (Lipinski definition) is 3. The van der Waals surface area contributed by atoms with Gasteiger partial charge in [0.1, 0.15) is 18.8 Å². The van der Waals surface area contributed by atoms with Crippen molar-refractivity contribution in [2.24, 2.45) is 7.05 Å². The maximum Gasteiger partial charge on any atom is 0.273 e. The number of nitrogens with zero attached hydrogens (tertiary/aromatic N) is 6. The Hall–Kier alpha value is -3.27. The Morgan fingerprint density at radius 1 is 1.39 bits per heavy atom. The molecule has 0 radical (unpaired) electrons. The fraction of sp³-hybridized carbons (Fsp3) is 0.154. The fourth-order valence-corrected chi connectivity index (χ4v) is 2.41. The van der Waals surface area contributed by atoms with Crippen LogP contribution < -0.4 is 5.32 Å². The standard InChI is InChI=1S/C13H12N8O2/c1-20-9-3-2-7(4-8(9)16-10(20)5-22)11(23)17-13-19-18-12-14-6-15-21(12)13/h2-4,6,22H,5H2,1H3,(H,14,15,18)(H,17,19,23). The zero-order valence-corrected chi connectivity index (χ0v) is 12.1. The number of carbonyl (C=O) groups excluding carboxylic acids is 1. The minimum atomic E-state index is -0.341. The molecule has 3 aromatic heterocycles. The summed E-state index contributed by atoms with van der Waals surface area (Å²) in [4.78, 5) is 20.6. The van der Waals surface area contributed by atoms with E-state index in [1.54, 1.807) is 22.8 Å². The van der Waals surface area contributed by atoms with Crippen molar-refractivity contribution in [2.75, 3.05) is 5.32 Å². The molecule has 23 heavy (non-hydrogen) atoms. The first kappa shape index (κ1) is 13.4. The van der Waals surface area contributed by atoms with Crippen LogP contribution in [-0.4, -0.2) is 45.4 Å². The molecule has 0 aliphatic heterocycles. The number of nitrogens with one attached hydrogen (secondary N) is 2.